The fourth-order valence-electron chi connectivity index (χ4n) is 7.52. The van der Waals surface area contributed by atoms with E-state index in [0.29, 0.717) is 34.3 Å². The SMILES string of the molecule is COc1cc(C(=O)COC(=O)[C@@H]2C[C@@H](OC(=O)OCC3(c4cc(OC)c(OC)c(OC)c4)CSCCS3)CN2C(=O)OCC(OC)(OC)c2cc(OC)c(OC)c(OC)c2)cc(OC)c1OC. The Morgan fingerprint density at radius 2 is 1.15 bits per heavy atom. The van der Waals surface area contributed by atoms with Crippen molar-refractivity contribution >= 4 is 47.5 Å². The van der Waals surface area contributed by atoms with E-state index in [1.54, 1.807) is 35.7 Å². The Bertz CT molecular complexity index is 2140. The number of hydrogen-bond acceptors (Lipinski definition) is 21. The molecule has 0 spiro atoms. The van der Waals surface area contributed by atoms with Gasteiger partial charge in [0.1, 0.15) is 18.8 Å². The van der Waals surface area contributed by atoms with E-state index < -0.39 is 59.9 Å². The molecule has 2 aliphatic heterocycles. The minimum Gasteiger partial charge on any atom is -0.493 e. The Morgan fingerprint density at radius 3 is 1.61 bits per heavy atom. The number of hydrogen-bond donors (Lipinski definition) is 0. The first-order valence-corrected chi connectivity index (χ1v) is 22.6. The van der Waals surface area contributed by atoms with Crippen LogP contribution in [0.5, 0.6) is 51.7 Å². The number of thioether (sulfide) groups is 2. The van der Waals surface area contributed by atoms with Crippen molar-refractivity contribution in [3.8, 4) is 51.7 Å². The van der Waals surface area contributed by atoms with Crippen LogP contribution in [0.2, 0.25) is 0 Å². The summed E-state index contributed by atoms with van der Waals surface area (Å²) in [5.74, 6) is 1.70. The minimum absolute atomic E-state index is 0.0926. The highest BCUT2D eigenvalue weighted by molar-refractivity contribution is 8.06. The number of likely N-dealkylation sites (tertiary alicyclic amines) is 1. The summed E-state index contributed by atoms with van der Waals surface area (Å²) in [6.07, 6.45) is -3.40. The Balaban J connectivity index is 1.38. The monoisotopic (exact) mass is 979 g/mol. The van der Waals surface area contributed by atoms with Crippen LogP contribution in [0.25, 0.3) is 0 Å². The van der Waals surface area contributed by atoms with Crippen LogP contribution in [0.1, 0.15) is 27.9 Å². The predicted molar refractivity (Wildman–Crippen MR) is 243 cm³/mol. The third-order valence-corrected chi connectivity index (χ3v) is 14.2. The maximum atomic E-state index is 14.1. The van der Waals surface area contributed by atoms with Crippen molar-refractivity contribution in [3.05, 3.63) is 53.1 Å². The lowest BCUT2D eigenvalue weighted by atomic mass is 9.99. The molecule has 2 aliphatic rings. The molecule has 0 N–H and O–H groups in total. The predicted octanol–water partition coefficient (Wildman–Crippen LogP) is 5.74. The van der Waals surface area contributed by atoms with Gasteiger partial charge in [-0.05, 0) is 42.0 Å². The van der Waals surface area contributed by atoms with E-state index in [2.05, 4.69) is 0 Å². The number of Topliss-reactive ketones (excluding diaryl/α,β-unsaturated/α-hetero) is 1. The largest absolute Gasteiger partial charge is 0.508 e. The lowest BCUT2D eigenvalue weighted by molar-refractivity contribution is -0.237. The summed E-state index contributed by atoms with van der Waals surface area (Å²) in [5, 5.41) is 0. The van der Waals surface area contributed by atoms with Crippen molar-refractivity contribution in [3.63, 3.8) is 0 Å². The molecule has 3 atom stereocenters. The van der Waals surface area contributed by atoms with Crippen molar-refractivity contribution in [2.24, 2.45) is 0 Å². The number of methoxy groups -OCH3 is 11. The fraction of sp³-hybridized carbons (Fsp3) is 0.511. The van der Waals surface area contributed by atoms with Gasteiger partial charge in [0.15, 0.2) is 47.7 Å². The molecule has 67 heavy (non-hydrogen) atoms. The van der Waals surface area contributed by atoms with E-state index in [1.807, 2.05) is 12.1 Å². The van der Waals surface area contributed by atoms with Gasteiger partial charge in [0.25, 0.3) is 0 Å². The molecule has 0 saturated carbocycles. The summed E-state index contributed by atoms with van der Waals surface area (Å²) in [7, 11) is 15.7. The number of esters is 1. The van der Waals surface area contributed by atoms with Gasteiger partial charge in [0.05, 0.1) is 75.3 Å². The minimum atomic E-state index is -1.73. The van der Waals surface area contributed by atoms with Crippen molar-refractivity contribution < 1.29 is 90.2 Å². The topological polar surface area (TPSA) is 210 Å². The van der Waals surface area contributed by atoms with Crippen LogP contribution in [0.15, 0.2) is 36.4 Å². The third-order valence-electron chi connectivity index (χ3n) is 11.1. The number of nitrogens with zero attached hydrogens (tertiary/aromatic N) is 1. The molecule has 20 nitrogen and oxygen atoms in total. The number of carbonyl (C=O) groups excluding carboxylic acids is 4. The lowest BCUT2D eigenvalue weighted by Crippen LogP contribution is -2.45. The quantitative estimate of drug-likeness (QED) is 0.0508. The molecule has 1 unspecified atom stereocenters. The van der Waals surface area contributed by atoms with E-state index in [9.17, 15) is 19.2 Å². The van der Waals surface area contributed by atoms with Gasteiger partial charge in [0.2, 0.25) is 28.8 Å². The Labute approximate surface area is 397 Å². The van der Waals surface area contributed by atoms with Crippen molar-refractivity contribution in [2.45, 2.75) is 29.1 Å². The highest BCUT2D eigenvalue weighted by atomic mass is 32.2. The first-order chi connectivity index (χ1) is 32.3. The highest BCUT2D eigenvalue weighted by Crippen LogP contribution is 2.49. The Kier molecular flexibility index (Phi) is 18.5. The van der Waals surface area contributed by atoms with E-state index in [1.165, 1.54) is 90.3 Å². The van der Waals surface area contributed by atoms with E-state index in [0.717, 1.165) is 22.0 Å². The molecular weight excluding hydrogens is 923 g/mol. The number of rotatable bonds is 22. The van der Waals surface area contributed by atoms with Gasteiger partial charge in [-0.1, -0.05) is 0 Å². The van der Waals surface area contributed by atoms with Gasteiger partial charge in [0, 0.05) is 49.0 Å². The van der Waals surface area contributed by atoms with Crippen LogP contribution in [-0.2, 0) is 43.7 Å². The molecule has 5 rings (SSSR count). The molecule has 3 aromatic rings. The first kappa shape index (κ1) is 52.1. The smallest absolute Gasteiger partial charge is 0.493 e. The summed E-state index contributed by atoms with van der Waals surface area (Å²) in [6, 6.07) is 8.20. The standard InChI is InChI=1S/C45H57NO19S2/c1-51-32-14-26(15-33(52-2)38(32)57-7)31(47)22-62-41(48)30-20-29(21-46(30)42(49)63-24-45(60-10,61-11)28-18-36(55-5)40(59-9)37(19-28)56-6)65-43(50)64-23-44(25-66-12-13-67-44)27-16-34(53-3)39(58-8)35(17-27)54-4/h14-19,29-30H,12-13,20-25H2,1-11H3/t29-,30+,44?/m1/s1. The molecule has 22 heteroatoms. The zero-order valence-electron chi connectivity index (χ0n) is 39.3. The molecule has 1 amide bonds. The van der Waals surface area contributed by atoms with Crippen molar-refractivity contribution in [1.29, 1.82) is 0 Å². The third kappa shape index (κ3) is 11.5. The number of ketones is 1. The van der Waals surface area contributed by atoms with Crippen molar-refractivity contribution in [2.75, 3.05) is 122 Å². The van der Waals surface area contributed by atoms with Gasteiger partial charge in [-0.2, -0.15) is 11.8 Å². The molecule has 3 aromatic carbocycles. The van der Waals surface area contributed by atoms with Gasteiger partial charge < -0.3 is 71.1 Å². The maximum Gasteiger partial charge on any atom is 0.508 e. The van der Waals surface area contributed by atoms with Gasteiger partial charge in [-0.25, -0.2) is 14.4 Å². The number of benzene rings is 3. The fourth-order valence-corrected chi connectivity index (χ4v) is 10.5. The average molecular weight is 980 g/mol. The zero-order valence-corrected chi connectivity index (χ0v) is 40.9. The second kappa shape index (κ2) is 23.7. The average Bonchev–Trinajstić information content (AvgIpc) is 3.80. The van der Waals surface area contributed by atoms with Crippen LogP contribution >= 0.6 is 23.5 Å². The molecule has 2 fully saturated rings. The molecule has 0 aromatic heterocycles. The summed E-state index contributed by atoms with van der Waals surface area (Å²) in [6.45, 7) is -1.72. The summed E-state index contributed by atoms with van der Waals surface area (Å²) in [4.78, 5) is 56.0. The van der Waals surface area contributed by atoms with Crippen LogP contribution in [0.3, 0.4) is 0 Å². The lowest BCUT2D eigenvalue weighted by Gasteiger charge is -2.36. The normalized spacial score (nSPS) is 17.9. The summed E-state index contributed by atoms with van der Waals surface area (Å²) < 4.78 is 83.0. The summed E-state index contributed by atoms with van der Waals surface area (Å²) >= 11 is 3.31. The van der Waals surface area contributed by atoms with Gasteiger partial charge in [-0.3, -0.25) is 9.69 Å². The summed E-state index contributed by atoms with van der Waals surface area (Å²) in [5.41, 5.74) is 1.20. The Morgan fingerprint density at radius 1 is 0.642 bits per heavy atom. The van der Waals surface area contributed by atoms with Gasteiger partial charge in [-0.15, -0.1) is 11.8 Å². The van der Waals surface area contributed by atoms with Crippen LogP contribution in [0.4, 0.5) is 9.59 Å². The molecule has 368 valence electrons. The molecule has 2 saturated heterocycles. The first-order valence-electron chi connectivity index (χ1n) is 20.5. The number of carbonyl (C=O) groups is 4. The number of amides is 1. The second-order valence-electron chi connectivity index (χ2n) is 14.6. The van der Waals surface area contributed by atoms with Crippen molar-refractivity contribution in [1.82, 2.24) is 4.90 Å². The zero-order chi connectivity index (χ0) is 48.9. The molecular formula is C45H57NO19S2. The van der Waals surface area contributed by atoms with Crippen LogP contribution in [0, 0.1) is 0 Å². The molecule has 0 aliphatic carbocycles. The van der Waals surface area contributed by atoms with Crippen LogP contribution < -0.4 is 42.6 Å². The molecule has 2 heterocycles. The van der Waals surface area contributed by atoms with Gasteiger partial charge >= 0.3 is 18.2 Å². The Hall–Kier alpha value is -5.84. The number of ether oxygens (including phenoxy) is 15. The highest BCUT2D eigenvalue weighted by Gasteiger charge is 2.46. The van der Waals surface area contributed by atoms with E-state index >= 15 is 0 Å². The molecule has 0 radical (unpaired) electrons. The van der Waals surface area contributed by atoms with E-state index in [-0.39, 0.29) is 53.9 Å². The second-order valence-corrected chi connectivity index (χ2v) is 17.1. The maximum absolute atomic E-state index is 14.1. The molecule has 0 bridgehead atoms. The van der Waals surface area contributed by atoms with E-state index in [4.69, 9.17) is 71.1 Å². The van der Waals surface area contributed by atoms with Crippen LogP contribution in [-0.4, -0.2) is 163 Å².